The van der Waals surface area contributed by atoms with Crippen LogP contribution in [-0.4, -0.2) is 40.9 Å². The molecular formula is C14H24N2O3S. The molecule has 114 valence electrons. The van der Waals surface area contributed by atoms with Crippen LogP contribution in [0.5, 0.6) is 5.75 Å². The molecule has 0 atom stereocenters. The minimum Gasteiger partial charge on any atom is -0.497 e. The van der Waals surface area contributed by atoms with Crippen molar-refractivity contribution in [2.45, 2.75) is 19.8 Å². The Morgan fingerprint density at radius 2 is 2.05 bits per heavy atom. The Labute approximate surface area is 121 Å². The molecule has 0 amide bonds. The quantitative estimate of drug-likeness (QED) is 0.636. The molecule has 0 heterocycles. The highest BCUT2D eigenvalue weighted by molar-refractivity contribution is 7.89. The van der Waals surface area contributed by atoms with E-state index in [4.69, 9.17) is 4.74 Å². The number of hydrogen-bond acceptors (Lipinski definition) is 4. The van der Waals surface area contributed by atoms with Crippen molar-refractivity contribution in [3.8, 4) is 5.75 Å². The van der Waals surface area contributed by atoms with Gasteiger partial charge in [0.25, 0.3) is 0 Å². The van der Waals surface area contributed by atoms with Gasteiger partial charge in [-0.05, 0) is 43.6 Å². The van der Waals surface area contributed by atoms with E-state index in [1.807, 2.05) is 31.2 Å². The maximum Gasteiger partial charge on any atom is 0.211 e. The van der Waals surface area contributed by atoms with E-state index in [-0.39, 0.29) is 5.75 Å². The molecule has 20 heavy (non-hydrogen) atoms. The summed E-state index contributed by atoms with van der Waals surface area (Å²) in [5.74, 6) is 0.953. The average molecular weight is 300 g/mol. The molecule has 0 saturated carbocycles. The van der Waals surface area contributed by atoms with Crippen molar-refractivity contribution in [2.24, 2.45) is 0 Å². The second-order valence-corrected chi connectivity index (χ2v) is 6.45. The third kappa shape index (κ3) is 6.88. The summed E-state index contributed by atoms with van der Waals surface area (Å²) in [6.07, 6.45) is 1.28. The molecule has 0 spiro atoms. The summed E-state index contributed by atoms with van der Waals surface area (Å²) in [4.78, 5) is 0. The minimum atomic E-state index is -3.17. The van der Waals surface area contributed by atoms with Crippen LogP contribution in [0.4, 0.5) is 0 Å². The van der Waals surface area contributed by atoms with Crippen molar-refractivity contribution >= 4 is 10.0 Å². The van der Waals surface area contributed by atoms with E-state index in [9.17, 15) is 8.42 Å². The zero-order valence-corrected chi connectivity index (χ0v) is 13.0. The molecule has 1 rings (SSSR count). The molecule has 0 aliphatic carbocycles. The molecular weight excluding hydrogens is 276 g/mol. The number of rotatable bonds is 10. The second-order valence-electron chi connectivity index (χ2n) is 4.52. The Bertz CT molecular complexity index is 489. The summed E-state index contributed by atoms with van der Waals surface area (Å²) in [7, 11) is -1.55. The van der Waals surface area contributed by atoms with Crippen molar-refractivity contribution in [1.29, 1.82) is 0 Å². The lowest BCUT2D eigenvalue weighted by Gasteiger charge is -2.08. The molecule has 6 heteroatoms. The van der Waals surface area contributed by atoms with Gasteiger partial charge in [0.1, 0.15) is 5.75 Å². The standard InChI is InChI=1S/C14H24N2O3S/c1-3-15-9-5-11-20(17,18)16-10-8-13-6-4-7-14(12-13)19-2/h4,6-7,12,15-16H,3,5,8-11H2,1-2H3. The molecule has 0 unspecified atom stereocenters. The van der Waals surface area contributed by atoms with Gasteiger partial charge in [0.15, 0.2) is 0 Å². The normalized spacial score (nSPS) is 11.5. The van der Waals surface area contributed by atoms with E-state index in [1.165, 1.54) is 0 Å². The fourth-order valence-corrected chi connectivity index (χ4v) is 2.90. The van der Waals surface area contributed by atoms with Crippen LogP contribution in [0.25, 0.3) is 0 Å². The van der Waals surface area contributed by atoms with Crippen LogP contribution in [-0.2, 0) is 16.4 Å². The fraction of sp³-hybridized carbons (Fsp3) is 0.571. The highest BCUT2D eigenvalue weighted by atomic mass is 32.2. The Morgan fingerprint density at radius 1 is 1.25 bits per heavy atom. The van der Waals surface area contributed by atoms with E-state index in [0.717, 1.165) is 24.4 Å². The van der Waals surface area contributed by atoms with Crippen molar-refractivity contribution in [2.75, 3.05) is 32.5 Å². The summed E-state index contributed by atoms with van der Waals surface area (Å²) < 4.78 is 31.2. The van der Waals surface area contributed by atoms with Gasteiger partial charge in [-0.15, -0.1) is 0 Å². The molecule has 2 N–H and O–H groups in total. The Morgan fingerprint density at radius 3 is 2.75 bits per heavy atom. The summed E-state index contributed by atoms with van der Waals surface area (Å²) in [6.45, 7) is 4.01. The lowest BCUT2D eigenvalue weighted by molar-refractivity contribution is 0.414. The Hall–Kier alpha value is -1.11. The number of sulfonamides is 1. The first kappa shape index (κ1) is 16.9. The van der Waals surface area contributed by atoms with Gasteiger partial charge in [-0.2, -0.15) is 0 Å². The second kappa shape index (κ2) is 8.94. The predicted molar refractivity (Wildman–Crippen MR) is 81.6 cm³/mol. The summed E-state index contributed by atoms with van der Waals surface area (Å²) in [5, 5.41) is 3.11. The fourth-order valence-electron chi connectivity index (χ4n) is 1.81. The van der Waals surface area contributed by atoms with Crippen LogP contribution in [0.15, 0.2) is 24.3 Å². The number of nitrogens with one attached hydrogen (secondary N) is 2. The van der Waals surface area contributed by atoms with E-state index >= 15 is 0 Å². The highest BCUT2D eigenvalue weighted by Gasteiger charge is 2.08. The molecule has 1 aromatic rings. The summed E-state index contributed by atoms with van der Waals surface area (Å²) >= 11 is 0. The van der Waals surface area contributed by atoms with Crippen LogP contribution in [0, 0.1) is 0 Å². The molecule has 0 aliphatic rings. The first-order chi connectivity index (χ1) is 9.57. The minimum absolute atomic E-state index is 0.165. The van der Waals surface area contributed by atoms with Crippen molar-refractivity contribution in [3.05, 3.63) is 29.8 Å². The van der Waals surface area contributed by atoms with Crippen LogP contribution < -0.4 is 14.8 Å². The van der Waals surface area contributed by atoms with E-state index in [1.54, 1.807) is 7.11 Å². The monoisotopic (exact) mass is 300 g/mol. The number of methoxy groups -OCH3 is 1. The first-order valence-corrected chi connectivity index (χ1v) is 8.53. The van der Waals surface area contributed by atoms with Gasteiger partial charge in [-0.25, -0.2) is 13.1 Å². The van der Waals surface area contributed by atoms with Gasteiger partial charge in [-0.1, -0.05) is 19.1 Å². The van der Waals surface area contributed by atoms with Crippen LogP contribution in [0.1, 0.15) is 18.9 Å². The molecule has 0 fully saturated rings. The van der Waals surface area contributed by atoms with Crippen LogP contribution in [0.2, 0.25) is 0 Å². The number of hydrogen-bond donors (Lipinski definition) is 2. The van der Waals surface area contributed by atoms with Gasteiger partial charge < -0.3 is 10.1 Å². The molecule has 0 aliphatic heterocycles. The maximum absolute atomic E-state index is 11.7. The van der Waals surface area contributed by atoms with Crippen LogP contribution in [0.3, 0.4) is 0 Å². The first-order valence-electron chi connectivity index (χ1n) is 6.88. The largest absolute Gasteiger partial charge is 0.497 e. The van der Waals surface area contributed by atoms with Crippen molar-refractivity contribution in [3.63, 3.8) is 0 Å². The van der Waals surface area contributed by atoms with Gasteiger partial charge in [0.2, 0.25) is 10.0 Å². The lowest BCUT2D eigenvalue weighted by atomic mass is 10.1. The molecule has 0 aromatic heterocycles. The zero-order valence-electron chi connectivity index (χ0n) is 12.2. The zero-order chi connectivity index (χ0) is 14.8. The van der Waals surface area contributed by atoms with Crippen molar-refractivity contribution < 1.29 is 13.2 Å². The molecule has 0 bridgehead atoms. The molecule has 0 saturated heterocycles. The molecule has 1 aromatic carbocycles. The topological polar surface area (TPSA) is 67.4 Å². The average Bonchev–Trinajstić information content (AvgIpc) is 2.44. The summed E-state index contributed by atoms with van der Waals surface area (Å²) in [6, 6.07) is 7.65. The SMILES string of the molecule is CCNCCCS(=O)(=O)NCCc1cccc(OC)c1. The molecule has 5 nitrogen and oxygen atoms in total. The van der Waals surface area contributed by atoms with Crippen LogP contribution >= 0.6 is 0 Å². The Balaban J connectivity index is 2.31. The van der Waals surface area contributed by atoms with Gasteiger partial charge >= 0.3 is 0 Å². The maximum atomic E-state index is 11.7. The van der Waals surface area contributed by atoms with E-state index in [0.29, 0.717) is 19.4 Å². The van der Waals surface area contributed by atoms with E-state index < -0.39 is 10.0 Å². The van der Waals surface area contributed by atoms with E-state index in [2.05, 4.69) is 10.0 Å². The number of ether oxygens (including phenoxy) is 1. The predicted octanol–water partition coefficient (Wildman–Crippen LogP) is 1.16. The van der Waals surface area contributed by atoms with Gasteiger partial charge in [-0.3, -0.25) is 0 Å². The van der Waals surface area contributed by atoms with Crippen molar-refractivity contribution in [1.82, 2.24) is 10.0 Å². The third-order valence-electron chi connectivity index (χ3n) is 2.89. The third-order valence-corrected chi connectivity index (χ3v) is 4.36. The van der Waals surface area contributed by atoms with Gasteiger partial charge in [0, 0.05) is 6.54 Å². The number of benzene rings is 1. The lowest BCUT2D eigenvalue weighted by Crippen LogP contribution is -2.30. The summed E-state index contributed by atoms with van der Waals surface area (Å²) in [5.41, 5.74) is 1.06. The molecule has 0 radical (unpaired) electrons. The smallest absolute Gasteiger partial charge is 0.211 e. The van der Waals surface area contributed by atoms with Gasteiger partial charge in [0.05, 0.1) is 12.9 Å². The highest BCUT2D eigenvalue weighted by Crippen LogP contribution is 2.12. The Kier molecular flexibility index (Phi) is 7.58.